The molecule has 8 nitrogen and oxygen atoms in total. The van der Waals surface area contributed by atoms with Gasteiger partial charge >= 0.3 is 0 Å². The number of hydrogen-bond acceptors (Lipinski definition) is 6. The number of alkyl halides is 1. The SMILES string of the molecule is CC(C1CC1)C(O)(Cn1cncn1)c1ccc(Cl)cc1.OC(Cc1ccccc1Cl)(Cn1cncn1)C1(Cl)CC1. The van der Waals surface area contributed by atoms with Crippen LogP contribution in [0, 0.1) is 11.8 Å². The molecule has 2 N–H and O–H groups in total. The maximum atomic E-state index is 11.3. The van der Waals surface area contributed by atoms with Crippen molar-refractivity contribution in [1.82, 2.24) is 29.5 Å². The lowest BCUT2D eigenvalue weighted by atomic mass is 9.79. The molecule has 3 atom stereocenters. The van der Waals surface area contributed by atoms with Crippen LogP contribution in [-0.4, -0.2) is 50.2 Å². The molecule has 2 fully saturated rings. The monoisotopic (exact) mass is 602 g/mol. The number of aromatic nitrogens is 6. The van der Waals surface area contributed by atoms with Crippen molar-refractivity contribution in [2.75, 3.05) is 0 Å². The molecular formula is C29H33Cl3N6O2. The van der Waals surface area contributed by atoms with E-state index in [9.17, 15) is 10.2 Å². The van der Waals surface area contributed by atoms with E-state index in [4.69, 9.17) is 34.8 Å². The maximum Gasteiger partial charge on any atom is 0.137 e. The highest BCUT2D eigenvalue weighted by Gasteiger charge is 2.58. The van der Waals surface area contributed by atoms with Gasteiger partial charge in [0.2, 0.25) is 0 Å². The van der Waals surface area contributed by atoms with Gasteiger partial charge < -0.3 is 10.2 Å². The molecule has 2 aromatic heterocycles. The van der Waals surface area contributed by atoms with Crippen LogP contribution in [0.5, 0.6) is 0 Å². The van der Waals surface area contributed by atoms with E-state index in [1.54, 1.807) is 22.0 Å². The van der Waals surface area contributed by atoms with Crippen molar-refractivity contribution in [2.45, 2.75) is 68.2 Å². The van der Waals surface area contributed by atoms with Crippen LogP contribution in [0.25, 0.3) is 0 Å². The van der Waals surface area contributed by atoms with E-state index >= 15 is 0 Å². The first-order valence-corrected chi connectivity index (χ1v) is 14.5. The van der Waals surface area contributed by atoms with Crippen molar-refractivity contribution >= 4 is 34.8 Å². The topological polar surface area (TPSA) is 102 Å². The molecule has 0 bridgehead atoms. The molecule has 0 radical (unpaired) electrons. The van der Waals surface area contributed by atoms with Gasteiger partial charge in [0.05, 0.1) is 18.0 Å². The maximum absolute atomic E-state index is 11.3. The third-order valence-electron chi connectivity index (χ3n) is 8.15. The number of halogens is 3. The summed E-state index contributed by atoms with van der Waals surface area (Å²) in [5.74, 6) is 0.757. The second-order valence-electron chi connectivity index (χ2n) is 11.0. The Labute approximate surface area is 248 Å². The highest BCUT2D eigenvalue weighted by molar-refractivity contribution is 6.31. The summed E-state index contributed by atoms with van der Waals surface area (Å²) < 4.78 is 3.30. The molecule has 0 spiro atoms. The molecule has 6 rings (SSSR count). The Kier molecular flexibility index (Phi) is 8.55. The Balaban J connectivity index is 0.000000161. The van der Waals surface area contributed by atoms with Crippen molar-refractivity contribution in [3.05, 3.63) is 95.0 Å². The Morgan fingerprint density at radius 2 is 1.52 bits per heavy atom. The van der Waals surface area contributed by atoms with Gasteiger partial charge in [-0.05, 0) is 66.8 Å². The smallest absolute Gasteiger partial charge is 0.137 e. The fraction of sp³-hybridized carbons (Fsp3) is 0.448. The Morgan fingerprint density at radius 1 is 0.925 bits per heavy atom. The van der Waals surface area contributed by atoms with Gasteiger partial charge in [-0.25, -0.2) is 19.3 Å². The van der Waals surface area contributed by atoms with Crippen LogP contribution in [-0.2, 0) is 25.1 Å². The first-order chi connectivity index (χ1) is 19.1. The molecule has 2 heterocycles. The lowest BCUT2D eigenvalue weighted by Crippen LogP contribution is -2.47. The van der Waals surface area contributed by atoms with Crippen LogP contribution in [0.2, 0.25) is 10.0 Å². The van der Waals surface area contributed by atoms with Crippen molar-refractivity contribution < 1.29 is 10.2 Å². The van der Waals surface area contributed by atoms with Gasteiger partial charge in [-0.3, -0.25) is 0 Å². The van der Waals surface area contributed by atoms with Crippen LogP contribution in [0.1, 0.15) is 43.7 Å². The second kappa shape index (κ2) is 11.8. The minimum Gasteiger partial charge on any atom is -0.386 e. The van der Waals surface area contributed by atoms with Crippen LogP contribution < -0.4 is 0 Å². The molecule has 2 aliphatic carbocycles. The molecule has 11 heteroatoms. The van der Waals surface area contributed by atoms with Crippen LogP contribution in [0.3, 0.4) is 0 Å². The van der Waals surface area contributed by atoms with Crippen molar-refractivity contribution in [1.29, 1.82) is 0 Å². The molecule has 0 amide bonds. The Bertz CT molecular complexity index is 1380. The average Bonchev–Trinajstić information content (AvgIpc) is 3.81. The van der Waals surface area contributed by atoms with Gasteiger partial charge in [0.1, 0.15) is 36.5 Å². The van der Waals surface area contributed by atoms with E-state index < -0.39 is 16.1 Å². The van der Waals surface area contributed by atoms with Gasteiger partial charge in [0.25, 0.3) is 0 Å². The minimum absolute atomic E-state index is 0.174. The Hall–Kier alpha value is -2.49. The molecule has 0 saturated heterocycles. The quantitative estimate of drug-likeness (QED) is 0.231. The van der Waals surface area contributed by atoms with Gasteiger partial charge in [0, 0.05) is 16.5 Å². The lowest BCUT2D eigenvalue weighted by molar-refractivity contribution is -0.0442. The number of rotatable bonds is 10. The van der Waals surface area contributed by atoms with E-state index in [0.717, 1.165) is 24.0 Å². The minimum atomic E-state index is -1.09. The largest absolute Gasteiger partial charge is 0.386 e. The number of aliphatic hydroxyl groups is 2. The number of benzene rings is 2. The third kappa shape index (κ3) is 6.52. The van der Waals surface area contributed by atoms with Gasteiger partial charge in [-0.15, -0.1) is 11.6 Å². The summed E-state index contributed by atoms with van der Waals surface area (Å²) >= 11 is 18.7. The predicted octanol–water partition coefficient (Wildman–Crippen LogP) is 5.54. The molecule has 0 aliphatic heterocycles. The fourth-order valence-corrected chi connectivity index (χ4v) is 5.80. The number of hydrogen-bond donors (Lipinski definition) is 2. The van der Waals surface area contributed by atoms with Crippen molar-refractivity contribution in [3.8, 4) is 0 Å². The van der Waals surface area contributed by atoms with Gasteiger partial charge in [0.15, 0.2) is 0 Å². The summed E-state index contributed by atoms with van der Waals surface area (Å²) in [7, 11) is 0. The summed E-state index contributed by atoms with van der Waals surface area (Å²) in [5.41, 5.74) is -0.257. The van der Waals surface area contributed by atoms with Crippen LogP contribution in [0.15, 0.2) is 73.8 Å². The fourth-order valence-electron chi connectivity index (χ4n) is 5.25. The highest BCUT2D eigenvalue weighted by Crippen LogP contribution is 2.53. The molecule has 2 saturated carbocycles. The van der Waals surface area contributed by atoms with Crippen molar-refractivity contribution in [3.63, 3.8) is 0 Å². The summed E-state index contributed by atoms with van der Waals surface area (Å²) in [6.45, 7) is 2.83. The molecular weight excluding hydrogens is 571 g/mol. The summed E-state index contributed by atoms with van der Waals surface area (Å²) in [4.78, 5) is 7.26. The van der Waals surface area contributed by atoms with E-state index in [2.05, 4.69) is 27.1 Å². The standard InChI is InChI=1S/C15H18ClN3O.C14H15Cl2N3O/c1-11(12-2-3-12)15(20,8-19-10-17-9-18-19)13-4-6-14(16)7-5-13;15-12-4-2-1-3-11(12)7-14(20,13(16)5-6-13)8-19-10-17-9-18-19/h4-7,9-12,20H,2-3,8H2,1H3;1-4,9-10,20H,5-8H2. The van der Waals surface area contributed by atoms with Crippen LogP contribution >= 0.6 is 34.8 Å². The molecule has 4 aromatic rings. The lowest BCUT2D eigenvalue weighted by Gasteiger charge is -2.35. The summed E-state index contributed by atoms with van der Waals surface area (Å²) in [5, 5.41) is 31.9. The predicted molar refractivity (Wildman–Crippen MR) is 155 cm³/mol. The van der Waals surface area contributed by atoms with E-state index in [-0.39, 0.29) is 5.92 Å². The number of nitrogens with zero attached hydrogens (tertiary/aromatic N) is 6. The zero-order valence-electron chi connectivity index (χ0n) is 22.2. The first kappa shape index (κ1) is 29.0. The molecule has 212 valence electrons. The van der Waals surface area contributed by atoms with Crippen LogP contribution in [0.4, 0.5) is 0 Å². The molecule has 3 unspecified atom stereocenters. The summed E-state index contributed by atoms with van der Waals surface area (Å²) in [6, 6.07) is 15.0. The van der Waals surface area contributed by atoms with E-state index in [1.807, 2.05) is 48.5 Å². The summed E-state index contributed by atoms with van der Waals surface area (Å²) in [6.07, 6.45) is 10.5. The zero-order chi connectivity index (χ0) is 28.4. The highest BCUT2D eigenvalue weighted by atomic mass is 35.5. The van der Waals surface area contributed by atoms with Gasteiger partial charge in [-0.1, -0.05) is 60.5 Å². The second-order valence-corrected chi connectivity index (χ2v) is 12.6. The first-order valence-electron chi connectivity index (χ1n) is 13.4. The van der Waals surface area contributed by atoms with E-state index in [0.29, 0.717) is 35.5 Å². The normalized spacial score (nSPS) is 19.6. The average molecular weight is 604 g/mol. The zero-order valence-corrected chi connectivity index (χ0v) is 24.5. The van der Waals surface area contributed by atoms with Crippen molar-refractivity contribution in [2.24, 2.45) is 11.8 Å². The molecule has 2 aliphatic rings. The molecule has 40 heavy (non-hydrogen) atoms. The van der Waals surface area contributed by atoms with E-state index in [1.165, 1.54) is 25.5 Å². The Morgan fingerprint density at radius 3 is 2.05 bits per heavy atom. The van der Waals surface area contributed by atoms with Gasteiger partial charge in [-0.2, -0.15) is 10.2 Å². The molecule has 2 aromatic carbocycles. The third-order valence-corrected chi connectivity index (χ3v) is 9.50.